The third kappa shape index (κ3) is 14.9. The predicted octanol–water partition coefficient (Wildman–Crippen LogP) is 3.47. The number of likely N-dealkylation sites (N-methyl/N-ethyl adjacent to an activating group) is 1. The van der Waals surface area contributed by atoms with E-state index in [0.29, 0.717) is 12.4 Å². The molecule has 0 heterocycles. The number of aliphatic hydroxyl groups is 1. The largest absolute Gasteiger partial charge is 0.395 e. The Morgan fingerprint density at radius 1 is 1.24 bits per heavy atom. The SMILES string of the molecule is C=C(C)/C=N\C(=C)N(CC)CCO.CC.CC. The van der Waals surface area contributed by atoms with Gasteiger partial charge in [0.25, 0.3) is 0 Å². The van der Waals surface area contributed by atoms with Gasteiger partial charge in [-0.3, -0.25) is 0 Å². The number of allylic oxidation sites excluding steroid dienone is 1. The van der Waals surface area contributed by atoms with Crippen molar-refractivity contribution < 1.29 is 5.11 Å². The lowest BCUT2D eigenvalue weighted by atomic mass is 10.4. The first-order valence-electron chi connectivity index (χ1n) is 6.36. The molecule has 0 aromatic carbocycles. The second-order valence-corrected chi connectivity index (χ2v) is 2.82. The maximum atomic E-state index is 8.74. The second kappa shape index (κ2) is 17.3. The predicted molar refractivity (Wildman–Crippen MR) is 79.5 cm³/mol. The molecule has 0 aromatic heterocycles. The van der Waals surface area contributed by atoms with Crippen LogP contribution in [0.4, 0.5) is 0 Å². The van der Waals surface area contributed by atoms with Crippen LogP contribution >= 0.6 is 0 Å². The minimum Gasteiger partial charge on any atom is -0.395 e. The molecule has 17 heavy (non-hydrogen) atoms. The lowest BCUT2D eigenvalue weighted by Gasteiger charge is -2.20. The van der Waals surface area contributed by atoms with E-state index in [1.54, 1.807) is 6.21 Å². The molecule has 0 radical (unpaired) electrons. The van der Waals surface area contributed by atoms with Crippen molar-refractivity contribution in [2.75, 3.05) is 19.7 Å². The Balaban J connectivity index is -0.000000439. The molecule has 0 fully saturated rings. The first-order chi connectivity index (χ1) is 8.11. The summed E-state index contributed by atoms with van der Waals surface area (Å²) in [6.07, 6.45) is 1.67. The van der Waals surface area contributed by atoms with Crippen molar-refractivity contribution in [3.05, 3.63) is 24.6 Å². The van der Waals surface area contributed by atoms with Crippen LogP contribution in [0.3, 0.4) is 0 Å². The average molecular weight is 242 g/mol. The summed E-state index contributed by atoms with van der Waals surface area (Å²) in [7, 11) is 0. The van der Waals surface area contributed by atoms with Crippen molar-refractivity contribution in [2.24, 2.45) is 4.99 Å². The van der Waals surface area contributed by atoms with Crippen molar-refractivity contribution >= 4 is 6.21 Å². The zero-order valence-corrected chi connectivity index (χ0v) is 12.5. The highest BCUT2D eigenvalue weighted by Gasteiger charge is 2.01. The van der Waals surface area contributed by atoms with Crippen LogP contribution in [-0.4, -0.2) is 35.9 Å². The normalized spacial score (nSPS) is 8.65. The number of hydrogen-bond donors (Lipinski definition) is 1. The summed E-state index contributed by atoms with van der Waals surface area (Å²) in [6, 6.07) is 0. The fraction of sp³-hybridized carbons (Fsp3) is 0.643. The van der Waals surface area contributed by atoms with Gasteiger partial charge in [-0.2, -0.15) is 0 Å². The zero-order chi connectivity index (χ0) is 14.3. The molecule has 1 N–H and O–H groups in total. The Bertz CT molecular complexity index is 210. The third-order valence-corrected chi connectivity index (χ3v) is 1.55. The highest BCUT2D eigenvalue weighted by molar-refractivity contribution is 5.77. The van der Waals surface area contributed by atoms with Gasteiger partial charge in [0.1, 0.15) is 5.82 Å². The van der Waals surface area contributed by atoms with E-state index in [1.807, 2.05) is 46.4 Å². The Morgan fingerprint density at radius 2 is 1.71 bits per heavy atom. The van der Waals surface area contributed by atoms with Crippen LogP contribution in [-0.2, 0) is 0 Å². The van der Waals surface area contributed by atoms with E-state index >= 15 is 0 Å². The molecular formula is C14H30N2O. The van der Waals surface area contributed by atoms with Gasteiger partial charge in [0.2, 0.25) is 0 Å². The number of aliphatic hydroxyl groups excluding tert-OH is 1. The molecule has 0 bridgehead atoms. The van der Waals surface area contributed by atoms with Crippen LogP contribution in [0.25, 0.3) is 0 Å². The van der Waals surface area contributed by atoms with Gasteiger partial charge in [-0.05, 0) is 19.4 Å². The zero-order valence-electron chi connectivity index (χ0n) is 12.5. The summed E-state index contributed by atoms with van der Waals surface area (Å²) in [6.45, 7) is 20.9. The van der Waals surface area contributed by atoms with Gasteiger partial charge in [0.05, 0.1) is 6.61 Å². The van der Waals surface area contributed by atoms with Gasteiger partial charge in [0, 0.05) is 19.3 Å². The van der Waals surface area contributed by atoms with E-state index in [4.69, 9.17) is 5.11 Å². The van der Waals surface area contributed by atoms with E-state index in [1.165, 1.54) is 0 Å². The van der Waals surface area contributed by atoms with E-state index in [0.717, 1.165) is 12.1 Å². The number of nitrogens with zero attached hydrogens (tertiary/aromatic N) is 2. The van der Waals surface area contributed by atoms with Crippen molar-refractivity contribution in [3.63, 3.8) is 0 Å². The molecule has 0 spiro atoms. The molecule has 0 aliphatic heterocycles. The maximum Gasteiger partial charge on any atom is 0.121 e. The first-order valence-corrected chi connectivity index (χ1v) is 6.36. The van der Waals surface area contributed by atoms with Crippen molar-refractivity contribution in [3.8, 4) is 0 Å². The van der Waals surface area contributed by atoms with Gasteiger partial charge < -0.3 is 10.0 Å². The summed E-state index contributed by atoms with van der Waals surface area (Å²) in [5, 5.41) is 8.74. The van der Waals surface area contributed by atoms with Gasteiger partial charge in [0.15, 0.2) is 0 Å². The van der Waals surface area contributed by atoms with E-state index in [2.05, 4.69) is 18.2 Å². The van der Waals surface area contributed by atoms with Gasteiger partial charge in [-0.1, -0.05) is 40.9 Å². The van der Waals surface area contributed by atoms with E-state index in [9.17, 15) is 0 Å². The van der Waals surface area contributed by atoms with Crippen molar-refractivity contribution in [1.82, 2.24) is 4.90 Å². The van der Waals surface area contributed by atoms with Gasteiger partial charge in [-0.15, -0.1) is 0 Å². The molecule has 0 saturated carbocycles. The smallest absolute Gasteiger partial charge is 0.121 e. The number of aliphatic imine (C=N–C) groups is 1. The molecule has 0 aromatic rings. The van der Waals surface area contributed by atoms with Crippen LogP contribution in [0, 0.1) is 0 Å². The average Bonchev–Trinajstić information content (AvgIpc) is 2.37. The maximum absolute atomic E-state index is 8.74. The molecule has 3 heteroatoms. The van der Waals surface area contributed by atoms with Crippen molar-refractivity contribution in [2.45, 2.75) is 41.5 Å². The summed E-state index contributed by atoms with van der Waals surface area (Å²) in [4.78, 5) is 6.01. The molecule has 0 aliphatic carbocycles. The Kier molecular flexibility index (Phi) is 21.6. The van der Waals surface area contributed by atoms with Crippen LogP contribution in [0.15, 0.2) is 29.5 Å². The summed E-state index contributed by atoms with van der Waals surface area (Å²) in [5.41, 5.74) is 0.890. The second-order valence-electron chi connectivity index (χ2n) is 2.82. The Labute approximate surface area is 108 Å². The fourth-order valence-corrected chi connectivity index (χ4v) is 0.857. The highest BCUT2D eigenvalue weighted by Crippen LogP contribution is 2.01. The lowest BCUT2D eigenvalue weighted by Crippen LogP contribution is -2.24. The molecule has 0 amide bonds. The first kappa shape index (κ1) is 21.2. The quantitative estimate of drug-likeness (QED) is 0.724. The Hall–Kier alpha value is -1.09. The summed E-state index contributed by atoms with van der Waals surface area (Å²) >= 11 is 0. The summed E-state index contributed by atoms with van der Waals surface area (Å²) in [5.74, 6) is 0.666. The Morgan fingerprint density at radius 3 is 2.00 bits per heavy atom. The molecule has 3 nitrogen and oxygen atoms in total. The number of rotatable bonds is 6. The molecular weight excluding hydrogens is 212 g/mol. The lowest BCUT2D eigenvalue weighted by molar-refractivity contribution is 0.231. The summed E-state index contributed by atoms with van der Waals surface area (Å²) < 4.78 is 0. The third-order valence-electron chi connectivity index (χ3n) is 1.55. The fourth-order valence-electron chi connectivity index (χ4n) is 0.857. The van der Waals surface area contributed by atoms with E-state index < -0.39 is 0 Å². The topological polar surface area (TPSA) is 35.8 Å². The molecule has 0 rings (SSSR count). The minimum absolute atomic E-state index is 0.120. The standard InChI is InChI=1S/C10H18N2O.2C2H6/c1-5-12(6-7-13)10(4)11-8-9(2)3;2*1-2/h8,13H,2,4-7H2,1,3H3;2*1-2H3/b11-8-;;. The van der Waals surface area contributed by atoms with Crippen LogP contribution in [0.1, 0.15) is 41.5 Å². The molecule has 0 unspecified atom stereocenters. The molecule has 0 aliphatic rings. The van der Waals surface area contributed by atoms with Crippen LogP contribution in [0.5, 0.6) is 0 Å². The molecule has 0 saturated heterocycles. The van der Waals surface area contributed by atoms with Gasteiger partial charge in [-0.25, -0.2) is 4.99 Å². The van der Waals surface area contributed by atoms with Crippen LogP contribution < -0.4 is 0 Å². The molecule has 0 atom stereocenters. The number of hydrogen-bond acceptors (Lipinski definition) is 3. The van der Waals surface area contributed by atoms with Gasteiger partial charge >= 0.3 is 0 Å². The highest BCUT2D eigenvalue weighted by atomic mass is 16.3. The monoisotopic (exact) mass is 242 g/mol. The molecule has 102 valence electrons. The van der Waals surface area contributed by atoms with Crippen LogP contribution in [0.2, 0.25) is 0 Å². The minimum atomic E-state index is 0.120. The van der Waals surface area contributed by atoms with E-state index in [-0.39, 0.29) is 6.61 Å². The van der Waals surface area contributed by atoms with Crippen molar-refractivity contribution in [1.29, 1.82) is 0 Å².